The van der Waals surface area contributed by atoms with Gasteiger partial charge in [0.2, 0.25) is 0 Å². The van der Waals surface area contributed by atoms with Gasteiger partial charge in [0.15, 0.2) is 5.71 Å². The predicted octanol–water partition coefficient (Wildman–Crippen LogP) is 7.03. The molecule has 0 aliphatic rings. The smallest absolute Gasteiger partial charge is 0.356 e. The zero-order valence-corrected chi connectivity index (χ0v) is 17.4. The summed E-state index contributed by atoms with van der Waals surface area (Å²) in [4.78, 5) is 11.9. The van der Waals surface area contributed by atoms with Crippen LogP contribution in [0, 0.1) is 0 Å². The summed E-state index contributed by atoms with van der Waals surface area (Å²) in [5, 5.41) is 12.1. The van der Waals surface area contributed by atoms with Crippen LogP contribution in [0.5, 0.6) is 0 Å². The van der Waals surface area contributed by atoms with Crippen molar-refractivity contribution in [1.82, 2.24) is 0 Å². The molecule has 0 unspecified atom stereocenters. The van der Waals surface area contributed by atoms with E-state index in [1.54, 1.807) is 0 Å². The number of rotatable bonds is 19. The molecular weight excluding hydrogens is 326 g/mol. The third kappa shape index (κ3) is 16.4. The molecule has 0 aliphatic heterocycles. The van der Waals surface area contributed by atoms with Crippen molar-refractivity contribution >= 4 is 11.7 Å². The fourth-order valence-electron chi connectivity index (χ4n) is 3.10. The van der Waals surface area contributed by atoms with Gasteiger partial charge in [-0.3, -0.25) is 0 Å². The molecule has 0 radical (unpaired) electrons. The highest BCUT2D eigenvalue weighted by molar-refractivity contribution is 6.36. The van der Waals surface area contributed by atoms with Gasteiger partial charge in [0, 0.05) is 6.42 Å². The number of hydrogen-bond acceptors (Lipinski definition) is 4. The molecule has 0 amide bonds. The fourth-order valence-corrected chi connectivity index (χ4v) is 3.10. The van der Waals surface area contributed by atoms with Crippen LogP contribution in [-0.2, 0) is 9.53 Å². The van der Waals surface area contributed by atoms with Gasteiger partial charge < -0.3 is 9.94 Å². The Morgan fingerprint density at radius 2 is 1.12 bits per heavy atom. The molecule has 0 aromatic rings. The number of carbonyl (C=O) groups excluding carboxylic acids is 1. The lowest BCUT2D eigenvalue weighted by molar-refractivity contribution is -0.136. The molecule has 4 heteroatoms. The monoisotopic (exact) mass is 369 g/mol. The van der Waals surface area contributed by atoms with Crippen LogP contribution in [0.25, 0.3) is 0 Å². The van der Waals surface area contributed by atoms with Crippen LogP contribution in [-0.4, -0.2) is 23.5 Å². The number of carbonyl (C=O) groups is 1. The summed E-state index contributed by atoms with van der Waals surface area (Å²) in [6.45, 7) is 4.88. The lowest BCUT2D eigenvalue weighted by atomic mass is 10.1. The molecule has 0 saturated carbocycles. The molecule has 1 N–H and O–H groups in total. The Kier molecular flexibility index (Phi) is 19.4. The summed E-state index contributed by atoms with van der Waals surface area (Å²) in [6.07, 6.45) is 20.0. The topological polar surface area (TPSA) is 58.9 Å². The van der Waals surface area contributed by atoms with Gasteiger partial charge >= 0.3 is 5.97 Å². The van der Waals surface area contributed by atoms with E-state index in [2.05, 4.69) is 19.0 Å². The van der Waals surface area contributed by atoms with Gasteiger partial charge in [0.05, 0.1) is 6.61 Å². The van der Waals surface area contributed by atoms with Gasteiger partial charge in [0.1, 0.15) is 0 Å². The molecule has 26 heavy (non-hydrogen) atoms. The summed E-state index contributed by atoms with van der Waals surface area (Å²) in [5.74, 6) is -0.447. The molecule has 0 aromatic carbocycles. The molecule has 0 bridgehead atoms. The van der Waals surface area contributed by atoms with Crippen molar-refractivity contribution in [1.29, 1.82) is 0 Å². The summed E-state index contributed by atoms with van der Waals surface area (Å²) >= 11 is 0. The molecule has 0 spiro atoms. The first-order valence-corrected chi connectivity index (χ1v) is 11.1. The Morgan fingerprint density at radius 1 is 0.692 bits per heavy atom. The second kappa shape index (κ2) is 20.3. The maximum atomic E-state index is 11.9. The molecule has 154 valence electrons. The number of esters is 1. The van der Waals surface area contributed by atoms with Crippen LogP contribution in [0.3, 0.4) is 0 Å². The first-order valence-electron chi connectivity index (χ1n) is 11.1. The minimum atomic E-state index is -0.447. The van der Waals surface area contributed by atoms with Crippen molar-refractivity contribution < 1.29 is 14.7 Å². The average molecular weight is 370 g/mol. The Hall–Kier alpha value is -1.06. The molecular formula is C22H43NO3. The Labute approximate surface area is 161 Å². The molecule has 0 rings (SSSR count). The normalized spacial score (nSPS) is 11.7. The highest BCUT2D eigenvalue weighted by Crippen LogP contribution is 2.11. The van der Waals surface area contributed by atoms with Crippen molar-refractivity contribution in [3.63, 3.8) is 0 Å². The van der Waals surface area contributed by atoms with Gasteiger partial charge in [-0.05, 0) is 12.8 Å². The number of hydrogen-bond donors (Lipinski definition) is 1. The minimum Gasteiger partial charge on any atom is -0.461 e. The summed E-state index contributed by atoms with van der Waals surface area (Å²) < 4.78 is 5.23. The van der Waals surface area contributed by atoms with E-state index < -0.39 is 5.97 Å². The molecule has 0 aromatic heterocycles. The van der Waals surface area contributed by atoms with Crippen LogP contribution in [0.4, 0.5) is 0 Å². The van der Waals surface area contributed by atoms with Gasteiger partial charge in [-0.1, -0.05) is 109 Å². The van der Waals surface area contributed by atoms with Crippen molar-refractivity contribution in [3.05, 3.63) is 0 Å². The van der Waals surface area contributed by atoms with E-state index in [1.807, 2.05) is 0 Å². The van der Waals surface area contributed by atoms with E-state index in [0.29, 0.717) is 13.0 Å². The van der Waals surface area contributed by atoms with E-state index in [1.165, 1.54) is 77.0 Å². The number of ether oxygens (including phenoxy) is 1. The van der Waals surface area contributed by atoms with E-state index in [0.717, 1.165) is 25.7 Å². The summed E-state index contributed by atoms with van der Waals surface area (Å²) in [6, 6.07) is 0. The molecule has 4 nitrogen and oxygen atoms in total. The maximum absolute atomic E-state index is 11.9. The predicted molar refractivity (Wildman–Crippen MR) is 110 cm³/mol. The van der Waals surface area contributed by atoms with Crippen LogP contribution < -0.4 is 0 Å². The molecule has 0 atom stereocenters. The second-order valence-corrected chi connectivity index (χ2v) is 7.38. The van der Waals surface area contributed by atoms with E-state index in [4.69, 9.17) is 9.94 Å². The zero-order valence-electron chi connectivity index (χ0n) is 17.4. The van der Waals surface area contributed by atoms with Crippen molar-refractivity contribution in [2.75, 3.05) is 6.61 Å². The highest BCUT2D eigenvalue weighted by atomic mass is 16.5. The van der Waals surface area contributed by atoms with Crippen molar-refractivity contribution in [2.45, 2.75) is 123 Å². The lowest BCUT2D eigenvalue weighted by Crippen LogP contribution is -2.18. The summed E-state index contributed by atoms with van der Waals surface area (Å²) in [7, 11) is 0. The van der Waals surface area contributed by atoms with Crippen LogP contribution in [0.1, 0.15) is 123 Å². The average Bonchev–Trinajstić information content (AvgIpc) is 2.65. The third-order valence-electron chi connectivity index (χ3n) is 4.85. The first-order chi connectivity index (χ1) is 12.8. The third-order valence-corrected chi connectivity index (χ3v) is 4.85. The Morgan fingerprint density at radius 3 is 1.58 bits per heavy atom. The Bertz CT molecular complexity index is 342. The van der Waals surface area contributed by atoms with Crippen LogP contribution in [0.15, 0.2) is 5.16 Å². The van der Waals surface area contributed by atoms with Crippen LogP contribution >= 0.6 is 0 Å². The number of nitrogens with zero attached hydrogens (tertiary/aromatic N) is 1. The lowest BCUT2D eigenvalue weighted by Gasteiger charge is -2.06. The second-order valence-electron chi connectivity index (χ2n) is 7.38. The molecule has 0 aliphatic carbocycles. The SMILES string of the molecule is CCCCCCCCCCCCOC(=O)/C(CCCCCCCC)=N/O. The molecule has 0 saturated heterocycles. The summed E-state index contributed by atoms with van der Waals surface area (Å²) in [5.41, 5.74) is 0.174. The molecule has 0 heterocycles. The highest BCUT2D eigenvalue weighted by Gasteiger charge is 2.13. The van der Waals surface area contributed by atoms with Crippen molar-refractivity contribution in [3.8, 4) is 0 Å². The minimum absolute atomic E-state index is 0.174. The Balaban J connectivity index is 3.49. The molecule has 0 fully saturated rings. The van der Waals surface area contributed by atoms with Crippen LogP contribution in [0.2, 0.25) is 0 Å². The number of unbranched alkanes of at least 4 members (excludes halogenated alkanes) is 14. The largest absolute Gasteiger partial charge is 0.461 e. The van der Waals surface area contributed by atoms with E-state index in [-0.39, 0.29) is 5.71 Å². The maximum Gasteiger partial charge on any atom is 0.356 e. The van der Waals surface area contributed by atoms with Gasteiger partial charge in [-0.15, -0.1) is 0 Å². The van der Waals surface area contributed by atoms with Gasteiger partial charge in [0.25, 0.3) is 0 Å². The van der Waals surface area contributed by atoms with E-state index >= 15 is 0 Å². The fraction of sp³-hybridized carbons (Fsp3) is 0.909. The zero-order chi connectivity index (χ0) is 19.3. The van der Waals surface area contributed by atoms with Gasteiger partial charge in [-0.2, -0.15) is 0 Å². The standard InChI is InChI=1S/C22H43NO3/c1-3-5-7-9-11-12-13-14-16-18-20-26-22(24)21(23-25)19-17-15-10-8-6-4-2/h25H,3-20H2,1-2H3/b23-21+. The van der Waals surface area contributed by atoms with Gasteiger partial charge in [-0.25, -0.2) is 4.79 Å². The van der Waals surface area contributed by atoms with Crippen molar-refractivity contribution in [2.24, 2.45) is 5.16 Å². The first kappa shape index (κ1) is 24.9. The van der Waals surface area contributed by atoms with E-state index in [9.17, 15) is 4.79 Å². The quantitative estimate of drug-likeness (QED) is 0.0873. The number of oxime groups is 1.